The van der Waals surface area contributed by atoms with Gasteiger partial charge in [0, 0.05) is 38.3 Å². The minimum Gasteiger partial charge on any atom is -0.353 e. The number of anilines is 3. The molecule has 0 spiro atoms. The minimum absolute atomic E-state index is 0.0321. The number of piperazine rings is 1. The van der Waals surface area contributed by atoms with Crippen LogP contribution in [0.1, 0.15) is 13.8 Å². The molecule has 1 saturated heterocycles. The molecule has 1 aliphatic rings. The van der Waals surface area contributed by atoms with Crippen molar-refractivity contribution in [2.24, 2.45) is 5.92 Å². The normalized spacial score (nSPS) is 14.8. The van der Waals surface area contributed by atoms with Gasteiger partial charge in [-0.2, -0.15) is 0 Å². The third kappa shape index (κ3) is 3.79. The van der Waals surface area contributed by atoms with E-state index in [9.17, 15) is 4.79 Å². The maximum atomic E-state index is 11.7. The molecule has 1 aliphatic heterocycles. The van der Waals surface area contributed by atoms with Gasteiger partial charge in [-0.25, -0.2) is 15.0 Å². The molecule has 0 bridgehead atoms. The lowest BCUT2D eigenvalue weighted by Crippen LogP contribution is -2.47. The van der Waals surface area contributed by atoms with Gasteiger partial charge in [0.15, 0.2) is 0 Å². The molecular formula is C17H22N6O. The van der Waals surface area contributed by atoms with Crippen LogP contribution in [0.25, 0.3) is 0 Å². The van der Waals surface area contributed by atoms with Crippen molar-refractivity contribution >= 4 is 23.4 Å². The number of hydrogen-bond donors (Lipinski definition) is 1. The Balaban J connectivity index is 1.57. The molecule has 0 radical (unpaired) electrons. The molecule has 0 aromatic carbocycles. The summed E-state index contributed by atoms with van der Waals surface area (Å²) in [6.07, 6.45) is 5.14. The maximum absolute atomic E-state index is 11.7. The number of nitrogens with one attached hydrogen (secondary N) is 1. The highest BCUT2D eigenvalue weighted by atomic mass is 16.1. The Hall–Kier alpha value is -2.70. The Bertz CT molecular complexity index is 665. The molecule has 3 heterocycles. The van der Waals surface area contributed by atoms with E-state index < -0.39 is 0 Å². The Morgan fingerprint density at radius 1 is 1.04 bits per heavy atom. The van der Waals surface area contributed by atoms with Crippen LogP contribution in [0.15, 0.2) is 36.8 Å². The van der Waals surface area contributed by atoms with Crippen LogP contribution in [-0.2, 0) is 4.79 Å². The van der Waals surface area contributed by atoms with E-state index in [0.717, 1.165) is 32.0 Å². The zero-order valence-electron chi connectivity index (χ0n) is 14.0. The molecule has 0 atom stereocenters. The lowest BCUT2D eigenvalue weighted by Gasteiger charge is -2.35. The molecule has 24 heavy (non-hydrogen) atoms. The molecule has 1 N–H and O–H groups in total. The number of hydrogen-bond acceptors (Lipinski definition) is 6. The summed E-state index contributed by atoms with van der Waals surface area (Å²) in [5, 5.41) is 2.80. The Labute approximate surface area is 141 Å². The van der Waals surface area contributed by atoms with Crippen molar-refractivity contribution in [2.45, 2.75) is 13.8 Å². The van der Waals surface area contributed by atoms with Crippen molar-refractivity contribution in [3.05, 3.63) is 36.8 Å². The van der Waals surface area contributed by atoms with Gasteiger partial charge in [0.2, 0.25) is 11.9 Å². The van der Waals surface area contributed by atoms with Gasteiger partial charge in [0.1, 0.15) is 5.82 Å². The average Bonchev–Trinajstić information content (AvgIpc) is 2.63. The van der Waals surface area contributed by atoms with Gasteiger partial charge in [-0.1, -0.05) is 19.9 Å². The number of amides is 1. The van der Waals surface area contributed by atoms with E-state index >= 15 is 0 Å². The second-order valence-electron chi connectivity index (χ2n) is 6.08. The summed E-state index contributed by atoms with van der Waals surface area (Å²) in [5.41, 5.74) is 0.629. The Morgan fingerprint density at radius 3 is 2.29 bits per heavy atom. The largest absolute Gasteiger partial charge is 0.353 e. The van der Waals surface area contributed by atoms with Crippen LogP contribution in [0.5, 0.6) is 0 Å². The second-order valence-corrected chi connectivity index (χ2v) is 6.08. The van der Waals surface area contributed by atoms with Crippen LogP contribution in [-0.4, -0.2) is 47.0 Å². The van der Waals surface area contributed by atoms with E-state index in [1.54, 1.807) is 12.4 Å². The summed E-state index contributed by atoms with van der Waals surface area (Å²) in [4.78, 5) is 29.2. The highest BCUT2D eigenvalue weighted by Gasteiger charge is 2.19. The van der Waals surface area contributed by atoms with Crippen molar-refractivity contribution in [2.75, 3.05) is 41.3 Å². The quantitative estimate of drug-likeness (QED) is 0.923. The molecule has 2 aromatic rings. The van der Waals surface area contributed by atoms with Gasteiger partial charge < -0.3 is 15.1 Å². The number of rotatable bonds is 4. The molecule has 2 aromatic heterocycles. The molecule has 1 fully saturated rings. The SMILES string of the molecule is CC(C)C(=O)Nc1cnc(N2CCN(c3ccccn3)CC2)nc1. The molecule has 0 saturated carbocycles. The minimum atomic E-state index is -0.0654. The Kier molecular flexibility index (Phi) is 4.88. The topological polar surface area (TPSA) is 74.2 Å². The van der Waals surface area contributed by atoms with E-state index in [0.29, 0.717) is 11.6 Å². The second kappa shape index (κ2) is 7.25. The zero-order valence-corrected chi connectivity index (χ0v) is 14.0. The van der Waals surface area contributed by atoms with E-state index in [-0.39, 0.29) is 11.8 Å². The predicted molar refractivity (Wildman–Crippen MR) is 94.2 cm³/mol. The van der Waals surface area contributed by atoms with Gasteiger partial charge in [-0.05, 0) is 12.1 Å². The summed E-state index contributed by atoms with van der Waals surface area (Å²) in [7, 11) is 0. The number of pyridine rings is 1. The number of carbonyl (C=O) groups is 1. The summed E-state index contributed by atoms with van der Waals surface area (Å²) < 4.78 is 0. The fraction of sp³-hybridized carbons (Fsp3) is 0.412. The Morgan fingerprint density at radius 2 is 1.71 bits per heavy atom. The zero-order chi connectivity index (χ0) is 16.9. The summed E-state index contributed by atoms with van der Waals surface area (Å²) in [5.74, 6) is 1.60. The van der Waals surface area contributed by atoms with Crippen molar-refractivity contribution in [1.82, 2.24) is 15.0 Å². The first kappa shape index (κ1) is 16.2. The fourth-order valence-electron chi connectivity index (χ4n) is 2.51. The van der Waals surface area contributed by atoms with Gasteiger partial charge >= 0.3 is 0 Å². The van der Waals surface area contributed by atoms with E-state index in [1.807, 2.05) is 38.2 Å². The first-order valence-corrected chi connectivity index (χ1v) is 8.17. The number of aromatic nitrogens is 3. The third-order valence-electron chi connectivity index (χ3n) is 3.97. The van der Waals surface area contributed by atoms with Gasteiger partial charge in [-0.15, -0.1) is 0 Å². The molecule has 0 aliphatic carbocycles. The lowest BCUT2D eigenvalue weighted by molar-refractivity contribution is -0.118. The smallest absolute Gasteiger partial charge is 0.227 e. The number of nitrogens with zero attached hydrogens (tertiary/aromatic N) is 5. The molecule has 3 rings (SSSR count). The van der Waals surface area contributed by atoms with E-state index in [1.165, 1.54) is 0 Å². The van der Waals surface area contributed by atoms with Crippen LogP contribution in [0.3, 0.4) is 0 Å². The average molecular weight is 326 g/mol. The molecule has 7 heteroatoms. The summed E-state index contributed by atoms with van der Waals surface area (Å²) in [6, 6.07) is 5.95. The molecular weight excluding hydrogens is 304 g/mol. The van der Waals surface area contributed by atoms with E-state index in [2.05, 4.69) is 30.1 Å². The van der Waals surface area contributed by atoms with Crippen molar-refractivity contribution in [3.63, 3.8) is 0 Å². The third-order valence-corrected chi connectivity index (χ3v) is 3.97. The van der Waals surface area contributed by atoms with Crippen LogP contribution in [0, 0.1) is 5.92 Å². The van der Waals surface area contributed by atoms with Gasteiger partial charge in [0.25, 0.3) is 0 Å². The first-order chi connectivity index (χ1) is 11.6. The summed E-state index contributed by atoms with van der Waals surface area (Å²) >= 11 is 0. The highest BCUT2D eigenvalue weighted by molar-refractivity contribution is 5.91. The van der Waals surface area contributed by atoms with Crippen LogP contribution >= 0.6 is 0 Å². The lowest BCUT2D eigenvalue weighted by atomic mass is 10.2. The van der Waals surface area contributed by atoms with Gasteiger partial charge in [-0.3, -0.25) is 4.79 Å². The van der Waals surface area contributed by atoms with Crippen molar-refractivity contribution < 1.29 is 4.79 Å². The van der Waals surface area contributed by atoms with Crippen molar-refractivity contribution in [1.29, 1.82) is 0 Å². The summed E-state index contributed by atoms with van der Waals surface area (Å²) in [6.45, 7) is 7.15. The molecule has 1 amide bonds. The maximum Gasteiger partial charge on any atom is 0.227 e. The predicted octanol–water partition coefficient (Wildman–Crippen LogP) is 1.79. The van der Waals surface area contributed by atoms with Crippen LogP contribution < -0.4 is 15.1 Å². The molecule has 126 valence electrons. The fourth-order valence-corrected chi connectivity index (χ4v) is 2.51. The highest BCUT2D eigenvalue weighted by Crippen LogP contribution is 2.16. The molecule has 0 unspecified atom stereocenters. The number of carbonyl (C=O) groups excluding carboxylic acids is 1. The monoisotopic (exact) mass is 326 g/mol. The van der Waals surface area contributed by atoms with Crippen molar-refractivity contribution in [3.8, 4) is 0 Å². The molecule has 7 nitrogen and oxygen atoms in total. The van der Waals surface area contributed by atoms with Crippen LogP contribution in [0.2, 0.25) is 0 Å². The first-order valence-electron chi connectivity index (χ1n) is 8.17. The standard InChI is InChI=1S/C17H22N6O/c1-13(2)16(24)21-14-11-19-17(20-12-14)23-9-7-22(8-10-23)15-5-3-4-6-18-15/h3-6,11-13H,7-10H2,1-2H3,(H,21,24). The van der Waals surface area contributed by atoms with Gasteiger partial charge in [0.05, 0.1) is 18.1 Å². The van der Waals surface area contributed by atoms with E-state index in [4.69, 9.17) is 0 Å². The van der Waals surface area contributed by atoms with Crippen LogP contribution in [0.4, 0.5) is 17.5 Å².